The Labute approximate surface area is 117 Å². The zero-order chi connectivity index (χ0) is 12.9. The molecule has 0 amide bonds. The minimum absolute atomic E-state index is 0.108. The Morgan fingerprint density at radius 2 is 2.12 bits per heavy atom. The van der Waals surface area contributed by atoms with Crippen molar-refractivity contribution in [1.29, 1.82) is 0 Å². The first-order chi connectivity index (χ1) is 7.94. The summed E-state index contributed by atoms with van der Waals surface area (Å²) >= 11 is 9.51. The number of halogens is 2. The molecule has 0 heterocycles. The average Bonchev–Trinajstić information content (AvgIpc) is 2.21. The van der Waals surface area contributed by atoms with Gasteiger partial charge in [-0.25, -0.2) is 0 Å². The maximum atomic E-state index is 8.94. The second-order valence-electron chi connectivity index (χ2n) is 4.98. The van der Waals surface area contributed by atoms with E-state index in [2.05, 4.69) is 35.1 Å². The third-order valence-electron chi connectivity index (χ3n) is 2.72. The van der Waals surface area contributed by atoms with Crippen molar-refractivity contribution in [3.05, 3.63) is 33.3 Å². The van der Waals surface area contributed by atoms with E-state index in [-0.39, 0.29) is 12.0 Å². The fraction of sp³-hybridized carbons (Fsp3) is 0.538. The van der Waals surface area contributed by atoms with Gasteiger partial charge in [-0.1, -0.05) is 47.4 Å². The second-order valence-corrected chi connectivity index (χ2v) is 6.30. The van der Waals surface area contributed by atoms with Crippen LogP contribution in [-0.2, 0) is 6.54 Å². The van der Waals surface area contributed by atoms with Crippen molar-refractivity contribution < 1.29 is 5.11 Å². The normalized spacial score (nSPS) is 11.8. The molecular weight excluding hydrogens is 302 g/mol. The van der Waals surface area contributed by atoms with Crippen LogP contribution in [0.4, 0.5) is 0 Å². The van der Waals surface area contributed by atoms with Crippen LogP contribution >= 0.6 is 27.5 Å². The van der Waals surface area contributed by atoms with Crippen LogP contribution < -0.4 is 5.32 Å². The van der Waals surface area contributed by atoms with Crippen molar-refractivity contribution in [3.63, 3.8) is 0 Å². The van der Waals surface area contributed by atoms with Crippen molar-refractivity contribution >= 4 is 27.5 Å². The van der Waals surface area contributed by atoms with E-state index in [4.69, 9.17) is 16.7 Å². The molecule has 0 aliphatic carbocycles. The number of hydrogen-bond donors (Lipinski definition) is 2. The van der Waals surface area contributed by atoms with Gasteiger partial charge in [0.1, 0.15) is 0 Å². The summed E-state index contributed by atoms with van der Waals surface area (Å²) in [5.74, 6) is 0. The van der Waals surface area contributed by atoms with E-state index in [0.717, 1.165) is 34.6 Å². The summed E-state index contributed by atoms with van der Waals surface area (Å²) in [6, 6.07) is 5.90. The molecule has 1 rings (SSSR count). The molecular formula is C13H19BrClNO. The topological polar surface area (TPSA) is 32.3 Å². The zero-order valence-electron chi connectivity index (χ0n) is 10.3. The van der Waals surface area contributed by atoms with Crippen molar-refractivity contribution in [2.24, 2.45) is 5.41 Å². The van der Waals surface area contributed by atoms with Crippen molar-refractivity contribution in [2.45, 2.75) is 26.8 Å². The lowest BCUT2D eigenvalue weighted by Gasteiger charge is -2.24. The van der Waals surface area contributed by atoms with Crippen LogP contribution in [0.1, 0.15) is 25.8 Å². The smallest absolute Gasteiger partial charge is 0.0462 e. The molecule has 2 nitrogen and oxygen atoms in total. The molecule has 0 bridgehead atoms. The number of hydrogen-bond acceptors (Lipinski definition) is 2. The van der Waals surface area contributed by atoms with E-state index in [1.54, 1.807) is 0 Å². The quantitative estimate of drug-likeness (QED) is 0.839. The van der Waals surface area contributed by atoms with Gasteiger partial charge >= 0.3 is 0 Å². The molecule has 0 unspecified atom stereocenters. The summed E-state index contributed by atoms with van der Waals surface area (Å²) < 4.78 is 0.992. The molecule has 0 aromatic heterocycles. The molecule has 0 spiro atoms. The van der Waals surface area contributed by atoms with Crippen LogP contribution in [0.2, 0.25) is 5.02 Å². The van der Waals surface area contributed by atoms with Crippen molar-refractivity contribution in [3.8, 4) is 0 Å². The van der Waals surface area contributed by atoms with Crippen LogP contribution in [0.15, 0.2) is 22.7 Å². The Morgan fingerprint density at radius 1 is 1.41 bits per heavy atom. The highest BCUT2D eigenvalue weighted by atomic mass is 79.9. The van der Waals surface area contributed by atoms with Gasteiger partial charge in [0, 0.05) is 29.2 Å². The van der Waals surface area contributed by atoms with Gasteiger partial charge in [-0.2, -0.15) is 0 Å². The molecule has 0 aliphatic heterocycles. The van der Waals surface area contributed by atoms with Crippen LogP contribution in [0.25, 0.3) is 0 Å². The molecule has 0 aliphatic rings. The summed E-state index contributed by atoms with van der Waals surface area (Å²) in [4.78, 5) is 0. The molecule has 0 radical (unpaired) electrons. The fourth-order valence-corrected chi connectivity index (χ4v) is 2.33. The molecule has 0 saturated carbocycles. The highest BCUT2D eigenvalue weighted by molar-refractivity contribution is 9.10. The summed E-state index contributed by atoms with van der Waals surface area (Å²) in [5, 5.41) is 13.1. The highest BCUT2D eigenvalue weighted by Crippen LogP contribution is 2.22. The molecule has 0 fully saturated rings. The molecule has 96 valence electrons. The van der Waals surface area contributed by atoms with Gasteiger partial charge in [-0.3, -0.25) is 0 Å². The Balaban J connectivity index is 2.46. The Hall–Kier alpha value is -0.0900. The Morgan fingerprint density at radius 3 is 2.71 bits per heavy atom. The number of rotatable bonds is 6. The first kappa shape index (κ1) is 15.0. The number of aliphatic hydroxyl groups is 1. The van der Waals surface area contributed by atoms with Gasteiger partial charge in [-0.15, -0.1) is 0 Å². The van der Waals surface area contributed by atoms with Gasteiger partial charge in [-0.05, 0) is 29.5 Å². The van der Waals surface area contributed by atoms with Crippen molar-refractivity contribution in [1.82, 2.24) is 5.32 Å². The van der Waals surface area contributed by atoms with E-state index in [1.807, 2.05) is 18.2 Å². The van der Waals surface area contributed by atoms with Crippen molar-refractivity contribution in [2.75, 3.05) is 13.2 Å². The molecule has 1 aromatic carbocycles. The van der Waals surface area contributed by atoms with E-state index in [9.17, 15) is 0 Å². The standard InChI is InChI=1S/C13H19BrClNO/c1-13(2,5-6-17)9-16-8-10-3-4-11(14)7-12(10)15/h3-4,7,16-17H,5-6,8-9H2,1-2H3. The lowest BCUT2D eigenvalue weighted by molar-refractivity contribution is 0.207. The summed E-state index contributed by atoms with van der Waals surface area (Å²) in [7, 11) is 0. The Kier molecular flexibility index (Phi) is 5.93. The average molecular weight is 321 g/mol. The highest BCUT2D eigenvalue weighted by Gasteiger charge is 2.16. The Bertz CT molecular complexity index is 368. The number of benzene rings is 1. The van der Waals surface area contributed by atoms with Crippen LogP contribution in [0.5, 0.6) is 0 Å². The third kappa shape index (κ3) is 5.38. The first-order valence-electron chi connectivity index (χ1n) is 5.70. The maximum absolute atomic E-state index is 8.94. The molecule has 1 aromatic rings. The summed E-state index contributed by atoms with van der Waals surface area (Å²) in [6.45, 7) is 6.12. The van der Waals surface area contributed by atoms with Gasteiger partial charge in [0.05, 0.1) is 0 Å². The van der Waals surface area contributed by atoms with E-state index < -0.39 is 0 Å². The van der Waals surface area contributed by atoms with Crippen LogP contribution in [-0.4, -0.2) is 18.3 Å². The number of nitrogens with one attached hydrogen (secondary N) is 1. The van der Waals surface area contributed by atoms with Gasteiger partial charge in [0.2, 0.25) is 0 Å². The van der Waals surface area contributed by atoms with E-state index in [1.165, 1.54) is 0 Å². The SMILES string of the molecule is CC(C)(CCO)CNCc1ccc(Br)cc1Cl. The lowest BCUT2D eigenvalue weighted by atomic mass is 9.90. The molecule has 0 atom stereocenters. The van der Waals surface area contributed by atoms with Crippen LogP contribution in [0.3, 0.4) is 0 Å². The third-order valence-corrected chi connectivity index (χ3v) is 3.57. The van der Waals surface area contributed by atoms with Gasteiger partial charge in [0.25, 0.3) is 0 Å². The lowest BCUT2D eigenvalue weighted by Crippen LogP contribution is -2.29. The summed E-state index contributed by atoms with van der Waals surface area (Å²) in [5.41, 5.74) is 1.20. The molecule has 17 heavy (non-hydrogen) atoms. The predicted octanol–water partition coefficient (Wildman–Crippen LogP) is 3.60. The predicted molar refractivity (Wildman–Crippen MR) is 76.3 cm³/mol. The van der Waals surface area contributed by atoms with E-state index >= 15 is 0 Å². The maximum Gasteiger partial charge on any atom is 0.0462 e. The molecule has 4 heteroatoms. The first-order valence-corrected chi connectivity index (χ1v) is 6.87. The minimum atomic E-state index is 0.108. The molecule has 0 saturated heterocycles. The minimum Gasteiger partial charge on any atom is -0.396 e. The van der Waals surface area contributed by atoms with Gasteiger partial charge in [0.15, 0.2) is 0 Å². The monoisotopic (exact) mass is 319 g/mol. The van der Waals surface area contributed by atoms with E-state index in [0.29, 0.717) is 0 Å². The fourth-order valence-electron chi connectivity index (χ4n) is 1.59. The zero-order valence-corrected chi connectivity index (χ0v) is 12.6. The van der Waals surface area contributed by atoms with Gasteiger partial charge < -0.3 is 10.4 Å². The molecule has 2 N–H and O–H groups in total. The largest absolute Gasteiger partial charge is 0.396 e. The van der Waals surface area contributed by atoms with Crippen LogP contribution in [0, 0.1) is 5.41 Å². The summed E-state index contributed by atoms with van der Waals surface area (Å²) in [6.07, 6.45) is 0.800. The number of aliphatic hydroxyl groups excluding tert-OH is 1. The second kappa shape index (κ2) is 6.74.